The molecule has 0 unspecified atom stereocenters. The van der Waals surface area contributed by atoms with Crippen LogP contribution in [0, 0.1) is 5.92 Å². The maximum atomic E-state index is 13.3. The summed E-state index contributed by atoms with van der Waals surface area (Å²) in [5.41, 5.74) is 1.15. The Morgan fingerprint density at radius 1 is 1.11 bits per heavy atom. The van der Waals surface area contributed by atoms with E-state index in [9.17, 15) is 9.59 Å². The first-order valence-electron chi connectivity index (χ1n) is 9.46. The minimum absolute atomic E-state index is 0.0233. The molecule has 2 fully saturated rings. The predicted octanol–water partition coefficient (Wildman–Crippen LogP) is 2.14. The van der Waals surface area contributed by atoms with E-state index in [1.165, 1.54) is 0 Å². The van der Waals surface area contributed by atoms with Gasteiger partial charge in [-0.05, 0) is 24.7 Å². The quantitative estimate of drug-likeness (QED) is 0.831. The molecule has 2 saturated heterocycles. The maximum absolute atomic E-state index is 13.3. The van der Waals surface area contributed by atoms with Crippen LogP contribution in [0.1, 0.15) is 23.8 Å². The normalized spacial score (nSPS) is 23.8. The molecule has 4 rings (SSSR count). The molecule has 0 spiro atoms. The summed E-state index contributed by atoms with van der Waals surface area (Å²) in [5, 5.41) is 0. The average Bonchev–Trinajstić information content (AvgIpc) is 3.32. The highest BCUT2D eigenvalue weighted by molar-refractivity contribution is 5.89. The Bertz CT molecular complexity index is 790. The molecule has 1 aromatic carbocycles. The average molecular weight is 367 g/mol. The summed E-state index contributed by atoms with van der Waals surface area (Å²) < 4.78 is 5.35. The zero-order valence-electron chi connectivity index (χ0n) is 15.6. The summed E-state index contributed by atoms with van der Waals surface area (Å²) in [6.45, 7) is 3.25. The minimum Gasteiger partial charge on any atom is -0.467 e. The lowest BCUT2D eigenvalue weighted by atomic mass is 9.99. The third-order valence-corrected chi connectivity index (χ3v) is 5.54. The first-order chi connectivity index (χ1) is 13.1. The van der Waals surface area contributed by atoms with Crippen molar-refractivity contribution in [3.8, 4) is 0 Å². The second-order valence-corrected chi connectivity index (χ2v) is 7.48. The van der Waals surface area contributed by atoms with E-state index in [4.69, 9.17) is 4.42 Å². The number of carbonyl (C=O) groups is 2. The first-order valence-corrected chi connectivity index (χ1v) is 9.46. The molecule has 0 N–H and O–H groups in total. The highest BCUT2D eigenvalue weighted by Crippen LogP contribution is 2.29. The van der Waals surface area contributed by atoms with Gasteiger partial charge in [-0.25, -0.2) is 0 Å². The van der Waals surface area contributed by atoms with Gasteiger partial charge in [-0.15, -0.1) is 0 Å². The Morgan fingerprint density at radius 2 is 1.93 bits per heavy atom. The maximum Gasteiger partial charge on any atom is 0.228 e. The number of amides is 2. The van der Waals surface area contributed by atoms with Gasteiger partial charge in [-0.2, -0.15) is 0 Å². The lowest BCUT2D eigenvalue weighted by Crippen LogP contribution is -2.51. The smallest absolute Gasteiger partial charge is 0.228 e. The van der Waals surface area contributed by atoms with Crippen LogP contribution in [0.5, 0.6) is 0 Å². The Morgan fingerprint density at radius 3 is 2.67 bits per heavy atom. The van der Waals surface area contributed by atoms with Crippen LogP contribution in [0.25, 0.3) is 0 Å². The number of piperazine rings is 1. The van der Waals surface area contributed by atoms with Crippen LogP contribution in [-0.4, -0.2) is 59.7 Å². The Labute approximate surface area is 159 Å². The van der Waals surface area contributed by atoms with Gasteiger partial charge in [0.05, 0.1) is 24.8 Å². The van der Waals surface area contributed by atoms with Crippen LogP contribution in [0.3, 0.4) is 0 Å². The van der Waals surface area contributed by atoms with Crippen LogP contribution >= 0.6 is 0 Å². The molecule has 0 bridgehead atoms. The van der Waals surface area contributed by atoms with E-state index in [0.29, 0.717) is 19.6 Å². The number of likely N-dealkylation sites (tertiary alicyclic amines) is 1. The van der Waals surface area contributed by atoms with E-state index < -0.39 is 0 Å². The molecule has 3 heterocycles. The SMILES string of the molecule is CN1CCN(C(=O)[C@@H]2CC(=O)N(Cc3ccco3)C2)[C@@H](c2ccccc2)C1. The van der Waals surface area contributed by atoms with Crippen molar-refractivity contribution in [2.24, 2.45) is 5.92 Å². The van der Waals surface area contributed by atoms with Crippen LogP contribution in [0.2, 0.25) is 0 Å². The second-order valence-electron chi connectivity index (χ2n) is 7.48. The largest absolute Gasteiger partial charge is 0.467 e. The Balaban J connectivity index is 1.48. The fourth-order valence-corrected chi connectivity index (χ4v) is 4.06. The summed E-state index contributed by atoms with van der Waals surface area (Å²) in [6.07, 6.45) is 1.89. The van der Waals surface area contributed by atoms with Gasteiger partial charge in [-0.3, -0.25) is 9.59 Å². The monoisotopic (exact) mass is 367 g/mol. The molecule has 0 radical (unpaired) electrons. The van der Waals surface area contributed by atoms with Crippen molar-refractivity contribution in [2.75, 3.05) is 33.2 Å². The molecule has 2 atom stereocenters. The zero-order chi connectivity index (χ0) is 18.8. The molecule has 142 valence electrons. The summed E-state index contributed by atoms with van der Waals surface area (Å²) in [7, 11) is 2.09. The molecule has 2 aromatic rings. The topological polar surface area (TPSA) is 57.0 Å². The number of hydrogen-bond donors (Lipinski definition) is 0. The highest BCUT2D eigenvalue weighted by Gasteiger charge is 2.40. The zero-order valence-corrected chi connectivity index (χ0v) is 15.6. The van der Waals surface area contributed by atoms with Crippen molar-refractivity contribution in [3.63, 3.8) is 0 Å². The van der Waals surface area contributed by atoms with Crippen LogP contribution in [0.4, 0.5) is 0 Å². The van der Waals surface area contributed by atoms with E-state index in [-0.39, 0.29) is 30.2 Å². The number of hydrogen-bond acceptors (Lipinski definition) is 4. The van der Waals surface area contributed by atoms with E-state index in [1.54, 1.807) is 11.2 Å². The molecule has 27 heavy (non-hydrogen) atoms. The number of carbonyl (C=O) groups excluding carboxylic acids is 2. The molecule has 2 aliphatic rings. The third kappa shape index (κ3) is 3.76. The minimum atomic E-state index is -0.276. The summed E-state index contributed by atoms with van der Waals surface area (Å²) >= 11 is 0. The van der Waals surface area contributed by atoms with Crippen molar-refractivity contribution in [2.45, 2.75) is 19.0 Å². The standard InChI is InChI=1S/C21H25N3O3/c1-22-9-10-24(19(15-22)16-6-3-2-4-7-16)21(26)17-12-20(25)23(13-17)14-18-8-5-11-27-18/h2-8,11,17,19H,9-10,12-15H2,1H3/t17-,19-/m1/s1. The second kappa shape index (κ2) is 7.56. The number of nitrogens with zero attached hydrogens (tertiary/aromatic N) is 3. The van der Waals surface area contributed by atoms with Gasteiger partial charge >= 0.3 is 0 Å². The molecule has 2 amide bonds. The van der Waals surface area contributed by atoms with Crippen molar-refractivity contribution < 1.29 is 14.0 Å². The van der Waals surface area contributed by atoms with Gasteiger partial charge in [0.2, 0.25) is 11.8 Å². The molecular formula is C21H25N3O3. The number of rotatable bonds is 4. The van der Waals surface area contributed by atoms with Gasteiger partial charge in [-0.1, -0.05) is 30.3 Å². The molecule has 2 aliphatic heterocycles. The fourth-order valence-electron chi connectivity index (χ4n) is 4.06. The van der Waals surface area contributed by atoms with Gasteiger partial charge in [0.15, 0.2) is 0 Å². The Kier molecular flexibility index (Phi) is 4.99. The molecular weight excluding hydrogens is 342 g/mol. The van der Waals surface area contributed by atoms with Crippen LogP contribution in [0.15, 0.2) is 53.1 Å². The van der Waals surface area contributed by atoms with Crippen LogP contribution < -0.4 is 0 Å². The lowest BCUT2D eigenvalue weighted by Gasteiger charge is -2.41. The first kappa shape index (κ1) is 17.8. The molecule has 0 aliphatic carbocycles. The van der Waals surface area contributed by atoms with Crippen molar-refractivity contribution in [3.05, 3.63) is 60.1 Å². The van der Waals surface area contributed by atoms with Gasteiger partial charge < -0.3 is 19.1 Å². The molecule has 6 nitrogen and oxygen atoms in total. The van der Waals surface area contributed by atoms with E-state index in [1.807, 2.05) is 35.2 Å². The van der Waals surface area contributed by atoms with E-state index >= 15 is 0 Å². The summed E-state index contributed by atoms with van der Waals surface area (Å²) in [4.78, 5) is 31.7. The molecule has 1 aromatic heterocycles. The van der Waals surface area contributed by atoms with Gasteiger partial charge in [0, 0.05) is 32.6 Å². The fraction of sp³-hybridized carbons (Fsp3) is 0.429. The summed E-state index contributed by atoms with van der Waals surface area (Å²) in [6, 6.07) is 13.9. The third-order valence-electron chi connectivity index (χ3n) is 5.54. The summed E-state index contributed by atoms with van der Waals surface area (Å²) in [5.74, 6) is 0.586. The van der Waals surface area contributed by atoms with Crippen molar-refractivity contribution in [1.29, 1.82) is 0 Å². The van der Waals surface area contributed by atoms with Crippen LogP contribution in [-0.2, 0) is 16.1 Å². The molecule has 6 heteroatoms. The van der Waals surface area contributed by atoms with Gasteiger partial charge in [0.25, 0.3) is 0 Å². The Hall–Kier alpha value is -2.60. The lowest BCUT2D eigenvalue weighted by molar-refractivity contribution is -0.140. The van der Waals surface area contributed by atoms with E-state index in [0.717, 1.165) is 24.4 Å². The van der Waals surface area contributed by atoms with E-state index in [2.05, 4.69) is 24.1 Å². The molecule has 0 saturated carbocycles. The number of furan rings is 1. The predicted molar refractivity (Wildman–Crippen MR) is 101 cm³/mol. The van der Waals surface area contributed by atoms with Crippen molar-refractivity contribution >= 4 is 11.8 Å². The van der Waals surface area contributed by atoms with Gasteiger partial charge in [0.1, 0.15) is 5.76 Å². The van der Waals surface area contributed by atoms with Crippen molar-refractivity contribution in [1.82, 2.24) is 14.7 Å². The number of benzene rings is 1. The number of likely N-dealkylation sites (N-methyl/N-ethyl adjacent to an activating group) is 1. The highest BCUT2D eigenvalue weighted by atomic mass is 16.3.